The Morgan fingerprint density at radius 1 is 1.71 bits per heavy atom. The van der Waals surface area contributed by atoms with Crippen LogP contribution in [0.15, 0.2) is 5.38 Å². The molecule has 0 aromatic carbocycles. The minimum atomic E-state index is -1.05. The Kier molecular flexibility index (Phi) is 3.07. The largest absolute Gasteiger partial charge is 0.476 e. The topological polar surface area (TPSA) is 82.5 Å². The van der Waals surface area contributed by atoms with Gasteiger partial charge in [0.15, 0.2) is 10.8 Å². The van der Waals surface area contributed by atoms with Gasteiger partial charge in [0.1, 0.15) is 0 Å². The van der Waals surface area contributed by atoms with Crippen molar-refractivity contribution >= 4 is 22.4 Å². The van der Waals surface area contributed by atoms with Crippen molar-refractivity contribution in [2.24, 2.45) is 0 Å². The number of aromatic carboxylic acids is 1. The molecule has 0 aliphatic heterocycles. The monoisotopic (exact) mass is 216 g/mol. The molecule has 0 saturated heterocycles. The molecule has 0 atom stereocenters. The molecule has 3 N–H and O–H groups in total. The molecule has 0 aliphatic carbocycles. The molecule has 0 spiro atoms. The second kappa shape index (κ2) is 3.93. The van der Waals surface area contributed by atoms with Crippen LogP contribution in [-0.2, 0) is 0 Å². The van der Waals surface area contributed by atoms with E-state index in [1.54, 1.807) is 13.8 Å². The molecular formula is C8H12N2O3S. The molecule has 6 heteroatoms. The van der Waals surface area contributed by atoms with Gasteiger partial charge in [-0.2, -0.15) is 0 Å². The van der Waals surface area contributed by atoms with Gasteiger partial charge in [-0.3, -0.25) is 0 Å². The highest BCUT2D eigenvalue weighted by Gasteiger charge is 2.18. The van der Waals surface area contributed by atoms with Gasteiger partial charge in [-0.05, 0) is 13.8 Å². The van der Waals surface area contributed by atoms with Gasteiger partial charge in [0.2, 0.25) is 0 Å². The number of aliphatic hydroxyl groups excluding tert-OH is 1. The van der Waals surface area contributed by atoms with Crippen LogP contribution >= 0.6 is 11.3 Å². The van der Waals surface area contributed by atoms with Crippen LogP contribution in [-0.4, -0.2) is 33.3 Å². The third-order valence-electron chi connectivity index (χ3n) is 1.56. The van der Waals surface area contributed by atoms with Gasteiger partial charge in [0.25, 0.3) is 0 Å². The van der Waals surface area contributed by atoms with E-state index in [0.717, 1.165) is 0 Å². The first-order valence-electron chi connectivity index (χ1n) is 4.02. The summed E-state index contributed by atoms with van der Waals surface area (Å²) in [5.41, 5.74) is -0.473. The molecule has 1 heterocycles. The van der Waals surface area contributed by atoms with Gasteiger partial charge >= 0.3 is 5.97 Å². The fourth-order valence-electron chi connectivity index (χ4n) is 0.758. The van der Waals surface area contributed by atoms with E-state index in [1.165, 1.54) is 16.7 Å². The normalized spacial score (nSPS) is 11.4. The first-order chi connectivity index (χ1) is 6.44. The third-order valence-corrected chi connectivity index (χ3v) is 2.32. The SMILES string of the molecule is CC(C)(CO)Nc1nc(C(=O)O)cs1. The zero-order chi connectivity index (χ0) is 10.8. The molecule has 5 nitrogen and oxygen atoms in total. The summed E-state index contributed by atoms with van der Waals surface area (Å²) < 4.78 is 0. The van der Waals surface area contributed by atoms with Crippen molar-refractivity contribution in [3.05, 3.63) is 11.1 Å². The molecule has 1 aromatic heterocycles. The number of carboxylic acids is 1. The quantitative estimate of drug-likeness (QED) is 0.700. The van der Waals surface area contributed by atoms with E-state index in [2.05, 4.69) is 10.3 Å². The van der Waals surface area contributed by atoms with E-state index in [0.29, 0.717) is 5.13 Å². The summed E-state index contributed by atoms with van der Waals surface area (Å²) in [5, 5.41) is 22.5. The maximum absolute atomic E-state index is 10.5. The molecule has 0 bridgehead atoms. The summed E-state index contributed by atoms with van der Waals surface area (Å²) >= 11 is 1.21. The fraction of sp³-hybridized carbons (Fsp3) is 0.500. The number of carboxylic acid groups (broad SMARTS) is 1. The molecule has 0 aliphatic rings. The Hall–Kier alpha value is -1.14. The van der Waals surface area contributed by atoms with E-state index < -0.39 is 11.5 Å². The number of hydrogen-bond donors (Lipinski definition) is 3. The van der Waals surface area contributed by atoms with Crippen LogP contribution in [0.5, 0.6) is 0 Å². The van der Waals surface area contributed by atoms with Gasteiger partial charge in [-0.25, -0.2) is 9.78 Å². The highest BCUT2D eigenvalue weighted by atomic mass is 32.1. The molecule has 0 saturated carbocycles. The molecule has 0 fully saturated rings. The van der Waals surface area contributed by atoms with Crippen LogP contribution in [0.3, 0.4) is 0 Å². The van der Waals surface area contributed by atoms with Crippen LogP contribution in [0.1, 0.15) is 24.3 Å². The smallest absolute Gasteiger partial charge is 0.355 e. The predicted molar refractivity (Wildman–Crippen MR) is 53.9 cm³/mol. The van der Waals surface area contributed by atoms with E-state index in [4.69, 9.17) is 10.2 Å². The van der Waals surface area contributed by atoms with Crippen LogP contribution < -0.4 is 5.32 Å². The minimum Gasteiger partial charge on any atom is -0.476 e. The van der Waals surface area contributed by atoms with Gasteiger partial charge in [-0.15, -0.1) is 11.3 Å². The first-order valence-corrected chi connectivity index (χ1v) is 4.90. The number of rotatable bonds is 4. The van der Waals surface area contributed by atoms with Crippen molar-refractivity contribution < 1.29 is 15.0 Å². The average Bonchev–Trinajstić information content (AvgIpc) is 2.52. The van der Waals surface area contributed by atoms with Crippen molar-refractivity contribution in [1.82, 2.24) is 4.98 Å². The van der Waals surface area contributed by atoms with Crippen molar-refractivity contribution in [3.8, 4) is 0 Å². The zero-order valence-electron chi connectivity index (χ0n) is 7.94. The Balaban J connectivity index is 2.73. The highest BCUT2D eigenvalue weighted by molar-refractivity contribution is 7.13. The molecule has 0 unspecified atom stereocenters. The number of hydrogen-bond acceptors (Lipinski definition) is 5. The number of anilines is 1. The van der Waals surface area contributed by atoms with Gasteiger partial charge < -0.3 is 15.5 Å². The predicted octanol–water partition coefficient (Wildman–Crippen LogP) is 1.02. The Bertz CT molecular complexity index is 335. The lowest BCUT2D eigenvalue weighted by Gasteiger charge is -2.22. The lowest BCUT2D eigenvalue weighted by atomic mass is 10.1. The summed E-state index contributed by atoms with van der Waals surface area (Å²) in [6.45, 7) is 3.55. The van der Waals surface area contributed by atoms with Crippen molar-refractivity contribution in [1.29, 1.82) is 0 Å². The number of nitrogens with zero attached hydrogens (tertiary/aromatic N) is 1. The maximum atomic E-state index is 10.5. The molecule has 14 heavy (non-hydrogen) atoms. The molecule has 1 aromatic rings. The number of aromatic nitrogens is 1. The number of aliphatic hydroxyl groups is 1. The van der Waals surface area contributed by atoms with Crippen molar-refractivity contribution in [3.63, 3.8) is 0 Å². The summed E-state index contributed by atoms with van der Waals surface area (Å²) in [7, 11) is 0. The summed E-state index contributed by atoms with van der Waals surface area (Å²) in [5.74, 6) is -1.05. The molecule has 78 valence electrons. The van der Waals surface area contributed by atoms with E-state index in [9.17, 15) is 4.79 Å². The Morgan fingerprint density at radius 2 is 2.36 bits per heavy atom. The van der Waals surface area contributed by atoms with Crippen LogP contribution in [0.4, 0.5) is 5.13 Å². The second-order valence-corrected chi connectivity index (χ2v) is 4.37. The second-order valence-electron chi connectivity index (χ2n) is 3.51. The molecular weight excluding hydrogens is 204 g/mol. The number of thiazole rings is 1. The van der Waals surface area contributed by atoms with Crippen LogP contribution in [0.25, 0.3) is 0 Å². The van der Waals surface area contributed by atoms with Crippen LogP contribution in [0.2, 0.25) is 0 Å². The molecule has 0 amide bonds. The lowest BCUT2D eigenvalue weighted by Crippen LogP contribution is -2.34. The standard InChI is InChI=1S/C8H12N2O3S/c1-8(2,4-11)10-7-9-5(3-14-7)6(12)13/h3,11H,4H2,1-2H3,(H,9,10)(H,12,13). The highest BCUT2D eigenvalue weighted by Crippen LogP contribution is 2.19. The lowest BCUT2D eigenvalue weighted by molar-refractivity contribution is 0.0691. The Labute approximate surface area is 85.4 Å². The first kappa shape index (κ1) is 10.9. The summed E-state index contributed by atoms with van der Waals surface area (Å²) in [4.78, 5) is 14.4. The van der Waals surface area contributed by atoms with Gasteiger partial charge in [0, 0.05) is 5.38 Å². The Morgan fingerprint density at radius 3 is 2.79 bits per heavy atom. The number of carbonyl (C=O) groups is 1. The van der Waals surface area contributed by atoms with E-state index in [-0.39, 0.29) is 12.3 Å². The van der Waals surface area contributed by atoms with E-state index in [1.807, 2.05) is 0 Å². The average molecular weight is 216 g/mol. The molecule has 1 rings (SSSR count). The zero-order valence-corrected chi connectivity index (χ0v) is 8.76. The molecule has 0 radical (unpaired) electrons. The van der Waals surface area contributed by atoms with E-state index >= 15 is 0 Å². The maximum Gasteiger partial charge on any atom is 0.355 e. The van der Waals surface area contributed by atoms with Gasteiger partial charge in [0.05, 0.1) is 12.1 Å². The summed E-state index contributed by atoms with van der Waals surface area (Å²) in [6, 6.07) is 0. The van der Waals surface area contributed by atoms with Gasteiger partial charge in [-0.1, -0.05) is 0 Å². The number of nitrogens with one attached hydrogen (secondary N) is 1. The fourth-order valence-corrected chi connectivity index (χ4v) is 1.62. The van der Waals surface area contributed by atoms with Crippen LogP contribution in [0, 0.1) is 0 Å². The van der Waals surface area contributed by atoms with Crippen molar-refractivity contribution in [2.45, 2.75) is 19.4 Å². The third kappa shape index (κ3) is 2.68. The van der Waals surface area contributed by atoms with Crippen molar-refractivity contribution in [2.75, 3.05) is 11.9 Å². The summed E-state index contributed by atoms with van der Waals surface area (Å²) in [6.07, 6.45) is 0. The minimum absolute atomic E-state index is 0.0197.